The van der Waals surface area contributed by atoms with E-state index in [1.54, 1.807) is 23.1 Å². The van der Waals surface area contributed by atoms with Crippen LogP contribution in [0.3, 0.4) is 0 Å². The molecule has 1 amide bonds. The molecule has 110 valence electrons. The monoisotopic (exact) mass is 284 g/mol. The van der Waals surface area contributed by atoms with Gasteiger partial charge in [0.05, 0.1) is 6.42 Å². The molecule has 2 rings (SSSR count). The molecular weight excluding hydrogens is 266 g/mol. The molecule has 1 aromatic rings. The molecule has 0 bridgehead atoms. The van der Waals surface area contributed by atoms with E-state index >= 15 is 0 Å². The molecule has 0 saturated carbocycles. The first-order valence-corrected chi connectivity index (χ1v) is 6.64. The maximum absolute atomic E-state index is 12.3. The minimum atomic E-state index is -2.89. The number of amides is 1. The van der Waals surface area contributed by atoms with Crippen LogP contribution in [-0.4, -0.2) is 36.5 Å². The van der Waals surface area contributed by atoms with Crippen molar-refractivity contribution in [2.75, 3.05) is 13.1 Å². The number of alkyl halides is 2. The zero-order chi connectivity index (χ0) is 14.5. The van der Waals surface area contributed by atoms with Crippen molar-refractivity contribution >= 4 is 5.91 Å². The van der Waals surface area contributed by atoms with Crippen molar-refractivity contribution in [2.45, 2.75) is 31.9 Å². The molecule has 20 heavy (non-hydrogen) atoms. The lowest BCUT2D eigenvalue weighted by Gasteiger charge is -2.24. The first kappa shape index (κ1) is 14.7. The highest BCUT2D eigenvalue weighted by atomic mass is 19.3. The van der Waals surface area contributed by atoms with Crippen molar-refractivity contribution in [2.24, 2.45) is 5.73 Å². The fraction of sp³-hybridized carbons (Fsp3) is 0.500. The molecule has 1 aliphatic rings. The van der Waals surface area contributed by atoms with Gasteiger partial charge in [0.15, 0.2) is 0 Å². The Labute approximate surface area is 116 Å². The molecule has 0 spiro atoms. The van der Waals surface area contributed by atoms with E-state index in [1.807, 2.05) is 0 Å². The van der Waals surface area contributed by atoms with E-state index in [4.69, 9.17) is 5.73 Å². The molecule has 0 aliphatic carbocycles. The Bertz CT molecular complexity index is 468. The highest BCUT2D eigenvalue weighted by Gasteiger charge is 2.27. The van der Waals surface area contributed by atoms with Gasteiger partial charge >= 0.3 is 6.61 Å². The summed E-state index contributed by atoms with van der Waals surface area (Å²) in [6.07, 6.45) is 1.89. The van der Waals surface area contributed by atoms with E-state index < -0.39 is 6.61 Å². The van der Waals surface area contributed by atoms with Gasteiger partial charge in [-0.2, -0.15) is 8.78 Å². The maximum Gasteiger partial charge on any atom is 0.387 e. The van der Waals surface area contributed by atoms with Crippen molar-refractivity contribution in [1.82, 2.24) is 4.90 Å². The van der Waals surface area contributed by atoms with Gasteiger partial charge in [-0.3, -0.25) is 4.79 Å². The fourth-order valence-corrected chi connectivity index (χ4v) is 2.53. The van der Waals surface area contributed by atoms with Gasteiger partial charge in [0.1, 0.15) is 5.75 Å². The van der Waals surface area contributed by atoms with Crippen LogP contribution in [0, 0.1) is 0 Å². The number of halogens is 2. The third-order valence-electron chi connectivity index (χ3n) is 3.50. The Balaban J connectivity index is 2.07. The lowest BCUT2D eigenvalue weighted by molar-refractivity contribution is -0.131. The van der Waals surface area contributed by atoms with Gasteiger partial charge in [-0.15, -0.1) is 0 Å². The Hall–Kier alpha value is -1.69. The SMILES string of the molecule is NCC1CCCN1C(=O)Cc1ccccc1OC(F)F. The fourth-order valence-electron chi connectivity index (χ4n) is 2.53. The highest BCUT2D eigenvalue weighted by Crippen LogP contribution is 2.23. The zero-order valence-corrected chi connectivity index (χ0v) is 11.1. The number of ether oxygens (including phenoxy) is 1. The molecule has 0 radical (unpaired) electrons. The van der Waals surface area contributed by atoms with Crippen LogP contribution in [0.15, 0.2) is 24.3 Å². The number of hydrogen-bond acceptors (Lipinski definition) is 3. The molecule has 6 heteroatoms. The van der Waals surface area contributed by atoms with Crippen molar-refractivity contribution in [3.8, 4) is 5.75 Å². The number of nitrogens with zero attached hydrogens (tertiary/aromatic N) is 1. The van der Waals surface area contributed by atoms with Crippen LogP contribution in [0.1, 0.15) is 18.4 Å². The van der Waals surface area contributed by atoms with Crippen molar-refractivity contribution in [3.63, 3.8) is 0 Å². The minimum Gasteiger partial charge on any atom is -0.435 e. The molecule has 1 aliphatic heterocycles. The molecule has 1 unspecified atom stereocenters. The average molecular weight is 284 g/mol. The van der Waals surface area contributed by atoms with Gasteiger partial charge < -0.3 is 15.4 Å². The third kappa shape index (κ3) is 3.45. The quantitative estimate of drug-likeness (QED) is 0.896. The Morgan fingerprint density at radius 3 is 2.90 bits per heavy atom. The van der Waals surface area contributed by atoms with Crippen LogP contribution in [0.2, 0.25) is 0 Å². The van der Waals surface area contributed by atoms with E-state index in [9.17, 15) is 13.6 Å². The van der Waals surface area contributed by atoms with Crippen LogP contribution in [0.5, 0.6) is 5.75 Å². The average Bonchev–Trinajstić information content (AvgIpc) is 2.88. The van der Waals surface area contributed by atoms with E-state index in [1.165, 1.54) is 6.07 Å². The lowest BCUT2D eigenvalue weighted by atomic mass is 10.1. The molecule has 2 N–H and O–H groups in total. The minimum absolute atomic E-state index is 0.0549. The summed E-state index contributed by atoms with van der Waals surface area (Å²) >= 11 is 0. The maximum atomic E-state index is 12.3. The summed E-state index contributed by atoms with van der Waals surface area (Å²) in [6.45, 7) is -1.78. The lowest BCUT2D eigenvalue weighted by Crippen LogP contribution is -2.40. The molecule has 1 aromatic carbocycles. The van der Waals surface area contributed by atoms with Gasteiger partial charge in [-0.1, -0.05) is 18.2 Å². The van der Waals surface area contributed by atoms with Crippen LogP contribution in [0.25, 0.3) is 0 Å². The Morgan fingerprint density at radius 2 is 2.20 bits per heavy atom. The van der Waals surface area contributed by atoms with Crippen LogP contribution in [-0.2, 0) is 11.2 Å². The number of benzene rings is 1. The molecule has 1 saturated heterocycles. The smallest absolute Gasteiger partial charge is 0.387 e. The summed E-state index contributed by atoms with van der Waals surface area (Å²) in [4.78, 5) is 14.0. The van der Waals surface area contributed by atoms with E-state index in [0.717, 1.165) is 12.8 Å². The molecule has 0 aromatic heterocycles. The normalized spacial score (nSPS) is 18.6. The van der Waals surface area contributed by atoms with Crippen LogP contribution >= 0.6 is 0 Å². The first-order valence-electron chi connectivity index (χ1n) is 6.64. The third-order valence-corrected chi connectivity index (χ3v) is 3.50. The predicted molar refractivity (Wildman–Crippen MR) is 70.6 cm³/mol. The van der Waals surface area contributed by atoms with Gasteiger partial charge in [0.25, 0.3) is 0 Å². The van der Waals surface area contributed by atoms with E-state index in [2.05, 4.69) is 4.74 Å². The van der Waals surface area contributed by atoms with Crippen molar-refractivity contribution < 1.29 is 18.3 Å². The topological polar surface area (TPSA) is 55.6 Å². The van der Waals surface area contributed by atoms with Gasteiger partial charge in [0.2, 0.25) is 5.91 Å². The summed E-state index contributed by atoms with van der Waals surface area (Å²) in [7, 11) is 0. The van der Waals surface area contributed by atoms with Gasteiger partial charge in [-0.05, 0) is 18.9 Å². The predicted octanol–water partition coefficient (Wildman–Crippen LogP) is 1.78. The second-order valence-electron chi connectivity index (χ2n) is 4.78. The first-order chi connectivity index (χ1) is 9.61. The van der Waals surface area contributed by atoms with Crippen LogP contribution in [0.4, 0.5) is 8.78 Å². The number of hydrogen-bond donors (Lipinski definition) is 1. The van der Waals surface area contributed by atoms with Crippen molar-refractivity contribution in [1.29, 1.82) is 0 Å². The second-order valence-corrected chi connectivity index (χ2v) is 4.78. The standard InChI is InChI=1S/C14H18F2N2O2/c15-14(16)20-12-6-2-1-4-10(12)8-13(19)18-7-3-5-11(18)9-17/h1-2,4,6,11,14H,3,5,7-9,17H2. The molecule has 4 nitrogen and oxygen atoms in total. The Morgan fingerprint density at radius 1 is 1.45 bits per heavy atom. The number of carbonyl (C=O) groups excluding carboxylic acids is 1. The van der Waals surface area contributed by atoms with Crippen molar-refractivity contribution in [3.05, 3.63) is 29.8 Å². The van der Waals surface area contributed by atoms with Crippen LogP contribution < -0.4 is 10.5 Å². The zero-order valence-electron chi connectivity index (χ0n) is 11.1. The number of likely N-dealkylation sites (tertiary alicyclic amines) is 1. The second kappa shape index (κ2) is 6.65. The highest BCUT2D eigenvalue weighted by molar-refractivity contribution is 5.80. The number of rotatable bonds is 5. The largest absolute Gasteiger partial charge is 0.435 e. The number of nitrogens with two attached hydrogens (primary N) is 1. The summed E-state index contributed by atoms with van der Waals surface area (Å²) in [5, 5.41) is 0. The molecule has 1 fully saturated rings. The summed E-state index contributed by atoms with van der Waals surface area (Å²) < 4.78 is 29.1. The van der Waals surface area contributed by atoms with E-state index in [0.29, 0.717) is 18.7 Å². The summed E-state index contributed by atoms with van der Waals surface area (Å²) in [6, 6.07) is 6.43. The van der Waals surface area contributed by atoms with Gasteiger partial charge in [0, 0.05) is 24.7 Å². The summed E-state index contributed by atoms with van der Waals surface area (Å²) in [5.41, 5.74) is 6.11. The van der Waals surface area contributed by atoms with E-state index in [-0.39, 0.29) is 24.1 Å². The molecular formula is C14H18F2N2O2. The molecule has 1 heterocycles. The molecule has 1 atom stereocenters. The van der Waals surface area contributed by atoms with Gasteiger partial charge in [-0.25, -0.2) is 0 Å². The summed E-state index contributed by atoms with van der Waals surface area (Å²) in [5.74, 6) is -0.0392. The number of para-hydroxylation sites is 1. The Kier molecular flexibility index (Phi) is 4.89. The number of carbonyl (C=O) groups is 1.